The lowest BCUT2D eigenvalue weighted by Crippen LogP contribution is -2.47. The topological polar surface area (TPSA) is 67.4 Å². The predicted molar refractivity (Wildman–Crippen MR) is 55.8 cm³/mol. The number of hydrogen-bond donors (Lipinski definition) is 2. The Labute approximate surface area is 93.5 Å². The van der Waals surface area contributed by atoms with Crippen molar-refractivity contribution in [3.8, 4) is 0 Å². The summed E-state index contributed by atoms with van der Waals surface area (Å²) in [4.78, 5) is 22.1. The van der Waals surface area contributed by atoms with E-state index < -0.39 is 11.9 Å². The van der Waals surface area contributed by atoms with Crippen LogP contribution in [0.25, 0.3) is 0 Å². The Morgan fingerprint density at radius 2 is 2.13 bits per heavy atom. The molecule has 1 saturated heterocycles. The molecule has 1 rings (SSSR count). The van der Waals surface area contributed by atoms with E-state index in [9.17, 15) is 9.59 Å². The Morgan fingerprint density at radius 3 is 2.60 bits per heavy atom. The van der Waals surface area contributed by atoms with Gasteiger partial charge in [-0.05, 0) is 20.3 Å². The van der Waals surface area contributed by atoms with Crippen molar-refractivity contribution in [2.75, 3.05) is 5.88 Å². The van der Waals surface area contributed by atoms with E-state index in [1.54, 1.807) is 0 Å². The standard InChI is InChI=1S/C9H15ClN2O3/c1-5-3-7(6(2)15-5)11-9(14)12-8(13)4-10/h5-7H,3-4H2,1-2H3,(H2,11,12,13,14). The second-order valence-corrected chi connectivity index (χ2v) is 3.92. The molecule has 1 heterocycles. The van der Waals surface area contributed by atoms with Crippen molar-refractivity contribution in [3.05, 3.63) is 0 Å². The summed E-state index contributed by atoms with van der Waals surface area (Å²) in [6, 6.07) is -0.571. The zero-order valence-electron chi connectivity index (χ0n) is 8.75. The van der Waals surface area contributed by atoms with Crippen LogP contribution in [0, 0.1) is 0 Å². The van der Waals surface area contributed by atoms with Gasteiger partial charge in [-0.25, -0.2) is 4.79 Å². The minimum absolute atomic E-state index is 0.0307. The Kier molecular flexibility index (Phi) is 4.35. The van der Waals surface area contributed by atoms with E-state index in [1.165, 1.54) is 0 Å². The maximum absolute atomic E-state index is 11.3. The number of rotatable bonds is 2. The lowest BCUT2D eigenvalue weighted by molar-refractivity contribution is -0.117. The smallest absolute Gasteiger partial charge is 0.321 e. The molecule has 5 nitrogen and oxygen atoms in total. The number of alkyl halides is 1. The average molecular weight is 235 g/mol. The average Bonchev–Trinajstić information content (AvgIpc) is 2.44. The number of ether oxygens (including phenoxy) is 1. The number of amides is 3. The number of nitrogens with one attached hydrogen (secondary N) is 2. The number of urea groups is 1. The van der Waals surface area contributed by atoms with Crippen molar-refractivity contribution < 1.29 is 14.3 Å². The van der Waals surface area contributed by atoms with Gasteiger partial charge in [0, 0.05) is 0 Å². The first-order chi connectivity index (χ1) is 7.02. The first kappa shape index (κ1) is 12.3. The summed E-state index contributed by atoms with van der Waals surface area (Å²) in [5.41, 5.74) is 0. The first-order valence-corrected chi connectivity index (χ1v) is 5.38. The normalized spacial score (nSPS) is 29.9. The molecule has 0 aromatic carbocycles. The van der Waals surface area contributed by atoms with Gasteiger partial charge in [-0.15, -0.1) is 11.6 Å². The molecule has 3 unspecified atom stereocenters. The summed E-state index contributed by atoms with van der Waals surface area (Å²) in [7, 11) is 0. The van der Waals surface area contributed by atoms with Crippen LogP contribution in [0.15, 0.2) is 0 Å². The molecule has 0 aromatic rings. The van der Waals surface area contributed by atoms with Gasteiger partial charge < -0.3 is 10.1 Å². The molecule has 0 bridgehead atoms. The van der Waals surface area contributed by atoms with Crippen molar-refractivity contribution in [2.24, 2.45) is 0 Å². The Morgan fingerprint density at radius 1 is 1.47 bits per heavy atom. The monoisotopic (exact) mass is 234 g/mol. The summed E-state index contributed by atoms with van der Waals surface area (Å²) in [5, 5.41) is 4.79. The zero-order valence-corrected chi connectivity index (χ0v) is 9.50. The van der Waals surface area contributed by atoms with E-state index in [0.29, 0.717) is 0 Å². The summed E-state index contributed by atoms with van der Waals surface area (Å²) in [6.45, 7) is 3.83. The minimum atomic E-state index is -0.518. The third-order valence-electron chi connectivity index (χ3n) is 2.29. The highest BCUT2D eigenvalue weighted by Gasteiger charge is 2.30. The molecule has 3 amide bonds. The van der Waals surface area contributed by atoms with E-state index >= 15 is 0 Å². The Bertz CT molecular complexity index is 260. The van der Waals surface area contributed by atoms with Gasteiger partial charge in [0.1, 0.15) is 5.88 Å². The van der Waals surface area contributed by atoms with Crippen LogP contribution in [-0.4, -0.2) is 36.1 Å². The second-order valence-electron chi connectivity index (χ2n) is 3.65. The maximum Gasteiger partial charge on any atom is 0.321 e. The van der Waals surface area contributed by atoms with E-state index in [1.807, 2.05) is 13.8 Å². The summed E-state index contributed by atoms with van der Waals surface area (Å²) in [5.74, 6) is -0.727. The van der Waals surface area contributed by atoms with Gasteiger partial charge in [0.25, 0.3) is 0 Å². The lowest BCUT2D eigenvalue weighted by Gasteiger charge is -2.15. The van der Waals surface area contributed by atoms with Crippen LogP contribution in [0.2, 0.25) is 0 Å². The fourth-order valence-corrected chi connectivity index (χ4v) is 1.67. The summed E-state index contributed by atoms with van der Waals surface area (Å²) < 4.78 is 5.45. The number of carbonyl (C=O) groups is 2. The van der Waals surface area contributed by atoms with Crippen molar-refractivity contribution in [1.82, 2.24) is 10.6 Å². The van der Waals surface area contributed by atoms with Crippen LogP contribution in [0.4, 0.5) is 4.79 Å². The van der Waals surface area contributed by atoms with Crippen molar-refractivity contribution in [2.45, 2.75) is 38.5 Å². The molecule has 0 radical (unpaired) electrons. The van der Waals surface area contributed by atoms with E-state index in [0.717, 1.165) is 6.42 Å². The molecule has 0 aromatic heterocycles. The van der Waals surface area contributed by atoms with Crippen LogP contribution < -0.4 is 10.6 Å². The molecule has 1 fully saturated rings. The molecule has 1 aliphatic heterocycles. The van der Waals surface area contributed by atoms with Gasteiger partial charge in [0.15, 0.2) is 0 Å². The van der Waals surface area contributed by atoms with Gasteiger partial charge in [0.2, 0.25) is 5.91 Å². The molecule has 0 saturated carbocycles. The molecule has 86 valence electrons. The largest absolute Gasteiger partial charge is 0.373 e. The molecule has 3 atom stereocenters. The highest BCUT2D eigenvalue weighted by atomic mass is 35.5. The molecule has 6 heteroatoms. The fourth-order valence-electron chi connectivity index (χ4n) is 1.61. The SMILES string of the molecule is CC1CC(NC(=O)NC(=O)CCl)C(C)O1. The molecule has 0 aliphatic carbocycles. The quantitative estimate of drug-likeness (QED) is 0.689. The molecule has 0 spiro atoms. The number of imide groups is 1. The van der Waals surface area contributed by atoms with Crippen molar-refractivity contribution >= 4 is 23.5 Å². The number of carbonyl (C=O) groups excluding carboxylic acids is 2. The number of hydrogen-bond acceptors (Lipinski definition) is 3. The second kappa shape index (κ2) is 5.32. The zero-order chi connectivity index (χ0) is 11.4. The highest BCUT2D eigenvalue weighted by molar-refractivity contribution is 6.28. The van der Waals surface area contributed by atoms with Crippen molar-refractivity contribution in [1.29, 1.82) is 0 Å². The van der Waals surface area contributed by atoms with Gasteiger partial charge in [-0.3, -0.25) is 10.1 Å². The van der Waals surface area contributed by atoms with Crippen LogP contribution in [-0.2, 0) is 9.53 Å². The van der Waals surface area contributed by atoms with E-state index in [-0.39, 0.29) is 24.1 Å². The van der Waals surface area contributed by atoms with E-state index in [4.69, 9.17) is 16.3 Å². The summed E-state index contributed by atoms with van der Waals surface area (Å²) >= 11 is 5.25. The molecule has 2 N–H and O–H groups in total. The molecular weight excluding hydrogens is 220 g/mol. The third kappa shape index (κ3) is 3.68. The Hall–Kier alpha value is -0.810. The summed E-state index contributed by atoms with van der Waals surface area (Å²) in [6.07, 6.45) is 0.856. The predicted octanol–water partition coefficient (Wildman–Crippen LogP) is 0.617. The van der Waals surface area contributed by atoms with Gasteiger partial charge in [-0.1, -0.05) is 0 Å². The van der Waals surface area contributed by atoms with Gasteiger partial charge >= 0.3 is 6.03 Å². The van der Waals surface area contributed by atoms with E-state index in [2.05, 4.69) is 10.6 Å². The van der Waals surface area contributed by atoms with Gasteiger partial charge in [0.05, 0.1) is 18.2 Å². The fraction of sp³-hybridized carbons (Fsp3) is 0.778. The minimum Gasteiger partial charge on any atom is -0.373 e. The lowest BCUT2D eigenvalue weighted by atomic mass is 10.1. The van der Waals surface area contributed by atoms with Gasteiger partial charge in [-0.2, -0.15) is 0 Å². The van der Waals surface area contributed by atoms with Crippen LogP contribution in [0.1, 0.15) is 20.3 Å². The van der Waals surface area contributed by atoms with Crippen LogP contribution >= 0.6 is 11.6 Å². The first-order valence-electron chi connectivity index (χ1n) is 4.84. The molecule has 15 heavy (non-hydrogen) atoms. The molecular formula is C9H15ClN2O3. The third-order valence-corrected chi connectivity index (χ3v) is 2.53. The number of halogens is 1. The van der Waals surface area contributed by atoms with Crippen LogP contribution in [0.5, 0.6) is 0 Å². The Balaban J connectivity index is 2.35. The highest BCUT2D eigenvalue weighted by Crippen LogP contribution is 2.19. The maximum atomic E-state index is 11.3. The molecule has 1 aliphatic rings. The van der Waals surface area contributed by atoms with Crippen molar-refractivity contribution in [3.63, 3.8) is 0 Å². The van der Waals surface area contributed by atoms with Crippen LogP contribution in [0.3, 0.4) is 0 Å².